The third kappa shape index (κ3) is 4.23. The third-order valence-electron chi connectivity index (χ3n) is 3.18. The molecule has 0 aliphatic rings. The Balaban J connectivity index is 1.72. The summed E-state index contributed by atoms with van der Waals surface area (Å²) in [5, 5.41) is 0. The van der Waals surface area contributed by atoms with Gasteiger partial charge in [0.15, 0.2) is 10.4 Å². The molecule has 0 saturated heterocycles. The molecule has 2 aromatic rings. The zero-order chi connectivity index (χ0) is 14.4. The van der Waals surface area contributed by atoms with Crippen molar-refractivity contribution in [1.82, 2.24) is 4.90 Å². The minimum absolute atomic E-state index is 0.0737. The van der Waals surface area contributed by atoms with E-state index in [-0.39, 0.29) is 5.91 Å². The van der Waals surface area contributed by atoms with E-state index in [2.05, 4.69) is 40.2 Å². The summed E-state index contributed by atoms with van der Waals surface area (Å²) in [6.07, 6.45) is 3.11. The second kappa shape index (κ2) is 7.29. The van der Waals surface area contributed by atoms with Crippen LogP contribution in [0.15, 0.2) is 51.6 Å². The molecule has 0 spiro atoms. The Morgan fingerprint density at radius 3 is 2.55 bits per heavy atom. The van der Waals surface area contributed by atoms with Crippen LogP contribution in [-0.4, -0.2) is 24.4 Å². The number of carbonyl (C=O) groups is 1. The van der Waals surface area contributed by atoms with Gasteiger partial charge in [-0.1, -0.05) is 30.3 Å². The number of unbranched alkanes of at least 4 members (excludes halogenated alkanes) is 1. The van der Waals surface area contributed by atoms with Crippen LogP contribution in [0.3, 0.4) is 0 Å². The predicted octanol–water partition coefficient (Wildman–Crippen LogP) is 4.14. The van der Waals surface area contributed by atoms with E-state index in [1.165, 1.54) is 5.56 Å². The molecule has 0 saturated carbocycles. The molecular weight excluding hydrogens is 318 g/mol. The van der Waals surface area contributed by atoms with Crippen molar-refractivity contribution in [2.75, 3.05) is 13.6 Å². The van der Waals surface area contributed by atoms with E-state index >= 15 is 0 Å². The molecule has 106 valence electrons. The Bertz CT molecular complexity index is 551. The molecule has 1 aromatic heterocycles. The SMILES string of the molecule is CN(CCCCc1ccccc1)C(=O)c1ccc(Br)o1. The number of rotatable bonds is 6. The van der Waals surface area contributed by atoms with Gasteiger partial charge < -0.3 is 9.32 Å². The largest absolute Gasteiger partial charge is 0.444 e. The van der Waals surface area contributed by atoms with Crippen molar-refractivity contribution in [2.45, 2.75) is 19.3 Å². The Morgan fingerprint density at radius 2 is 1.90 bits per heavy atom. The number of carbonyl (C=O) groups excluding carboxylic acids is 1. The van der Waals surface area contributed by atoms with Gasteiger partial charge in [-0.25, -0.2) is 0 Å². The van der Waals surface area contributed by atoms with Crippen molar-refractivity contribution < 1.29 is 9.21 Å². The highest BCUT2D eigenvalue weighted by atomic mass is 79.9. The molecular formula is C16H18BrNO2. The van der Waals surface area contributed by atoms with E-state index in [9.17, 15) is 4.79 Å². The van der Waals surface area contributed by atoms with E-state index in [0.717, 1.165) is 25.8 Å². The van der Waals surface area contributed by atoms with E-state index in [4.69, 9.17) is 4.42 Å². The predicted molar refractivity (Wildman–Crippen MR) is 82.7 cm³/mol. The number of nitrogens with zero attached hydrogens (tertiary/aromatic N) is 1. The molecule has 3 nitrogen and oxygen atoms in total. The number of hydrogen-bond donors (Lipinski definition) is 0. The fourth-order valence-corrected chi connectivity index (χ4v) is 2.35. The fraction of sp³-hybridized carbons (Fsp3) is 0.312. The monoisotopic (exact) mass is 335 g/mol. The zero-order valence-electron chi connectivity index (χ0n) is 11.5. The molecule has 1 amide bonds. The van der Waals surface area contributed by atoms with Crippen molar-refractivity contribution in [3.8, 4) is 0 Å². The van der Waals surface area contributed by atoms with Gasteiger partial charge in [-0.05, 0) is 52.9 Å². The lowest BCUT2D eigenvalue weighted by atomic mass is 10.1. The maximum atomic E-state index is 12.0. The first-order valence-corrected chi connectivity index (χ1v) is 7.51. The molecule has 0 aliphatic carbocycles. The second-order valence-corrected chi connectivity index (χ2v) is 5.55. The van der Waals surface area contributed by atoms with Gasteiger partial charge in [0.25, 0.3) is 5.91 Å². The summed E-state index contributed by atoms with van der Waals surface area (Å²) < 4.78 is 5.85. The van der Waals surface area contributed by atoms with Crippen LogP contribution in [0.2, 0.25) is 0 Å². The van der Waals surface area contributed by atoms with Gasteiger partial charge in [-0.15, -0.1) is 0 Å². The lowest BCUT2D eigenvalue weighted by Crippen LogP contribution is -2.27. The minimum Gasteiger partial charge on any atom is -0.444 e. The zero-order valence-corrected chi connectivity index (χ0v) is 13.1. The lowest BCUT2D eigenvalue weighted by molar-refractivity contribution is 0.0760. The van der Waals surface area contributed by atoms with Gasteiger partial charge >= 0.3 is 0 Å². The Labute approximate surface area is 127 Å². The molecule has 0 N–H and O–H groups in total. The quantitative estimate of drug-likeness (QED) is 0.743. The fourth-order valence-electron chi connectivity index (χ4n) is 2.04. The molecule has 1 aromatic carbocycles. The first-order valence-electron chi connectivity index (χ1n) is 6.71. The second-order valence-electron chi connectivity index (χ2n) is 4.77. The Kier molecular flexibility index (Phi) is 5.41. The van der Waals surface area contributed by atoms with Crippen molar-refractivity contribution in [2.24, 2.45) is 0 Å². The Hall–Kier alpha value is -1.55. The van der Waals surface area contributed by atoms with Crippen LogP contribution in [0, 0.1) is 0 Å². The van der Waals surface area contributed by atoms with Crippen LogP contribution in [0.1, 0.15) is 29.0 Å². The standard InChI is InChI=1S/C16H18BrNO2/c1-18(16(19)14-10-11-15(17)20-14)12-6-5-9-13-7-3-2-4-8-13/h2-4,7-8,10-11H,5-6,9,12H2,1H3. The summed E-state index contributed by atoms with van der Waals surface area (Å²) in [7, 11) is 1.81. The van der Waals surface area contributed by atoms with Crippen LogP contribution in [-0.2, 0) is 6.42 Å². The lowest BCUT2D eigenvalue weighted by Gasteiger charge is -2.15. The summed E-state index contributed by atoms with van der Waals surface area (Å²) in [4.78, 5) is 13.7. The van der Waals surface area contributed by atoms with E-state index in [0.29, 0.717) is 10.4 Å². The van der Waals surface area contributed by atoms with Crippen molar-refractivity contribution in [3.05, 3.63) is 58.5 Å². The molecule has 20 heavy (non-hydrogen) atoms. The average molecular weight is 336 g/mol. The number of halogens is 1. The highest BCUT2D eigenvalue weighted by molar-refractivity contribution is 9.10. The number of hydrogen-bond acceptors (Lipinski definition) is 2. The molecule has 0 bridgehead atoms. The normalized spacial score (nSPS) is 10.5. The Morgan fingerprint density at radius 1 is 1.15 bits per heavy atom. The average Bonchev–Trinajstić information content (AvgIpc) is 2.90. The molecule has 0 unspecified atom stereocenters. The number of furan rings is 1. The molecule has 0 radical (unpaired) electrons. The van der Waals surface area contributed by atoms with E-state index in [1.54, 1.807) is 24.1 Å². The smallest absolute Gasteiger partial charge is 0.289 e. The van der Waals surface area contributed by atoms with Crippen molar-refractivity contribution >= 4 is 21.8 Å². The molecule has 2 rings (SSSR count). The van der Waals surface area contributed by atoms with Crippen molar-refractivity contribution in [3.63, 3.8) is 0 Å². The van der Waals surface area contributed by atoms with Crippen LogP contribution in [0.5, 0.6) is 0 Å². The first-order chi connectivity index (χ1) is 9.66. The summed E-state index contributed by atoms with van der Waals surface area (Å²) >= 11 is 3.20. The molecule has 0 atom stereocenters. The summed E-state index contributed by atoms with van der Waals surface area (Å²) in [5.41, 5.74) is 1.34. The van der Waals surface area contributed by atoms with Gasteiger partial charge in [0.2, 0.25) is 0 Å². The maximum Gasteiger partial charge on any atom is 0.289 e. The highest BCUT2D eigenvalue weighted by Gasteiger charge is 2.14. The van der Waals surface area contributed by atoms with Gasteiger partial charge in [0.1, 0.15) is 0 Å². The summed E-state index contributed by atoms with van der Waals surface area (Å²) in [5.74, 6) is 0.304. The van der Waals surface area contributed by atoms with Gasteiger partial charge in [0, 0.05) is 13.6 Å². The van der Waals surface area contributed by atoms with Crippen LogP contribution in [0.4, 0.5) is 0 Å². The number of aryl methyl sites for hydroxylation is 1. The third-order valence-corrected chi connectivity index (χ3v) is 3.61. The van der Waals surface area contributed by atoms with Gasteiger partial charge in [0.05, 0.1) is 0 Å². The van der Waals surface area contributed by atoms with Crippen LogP contribution < -0.4 is 0 Å². The summed E-state index contributed by atoms with van der Waals surface area (Å²) in [6.45, 7) is 0.740. The van der Waals surface area contributed by atoms with Crippen molar-refractivity contribution in [1.29, 1.82) is 0 Å². The molecule has 4 heteroatoms. The maximum absolute atomic E-state index is 12.0. The van der Waals surface area contributed by atoms with Crippen LogP contribution in [0.25, 0.3) is 0 Å². The molecule has 0 fully saturated rings. The van der Waals surface area contributed by atoms with Crippen LogP contribution >= 0.6 is 15.9 Å². The van der Waals surface area contributed by atoms with E-state index < -0.39 is 0 Å². The molecule has 1 heterocycles. The highest BCUT2D eigenvalue weighted by Crippen LogP contribution is 2.15. The topological polar surface area (TPSA) is 33.5 Å². The minimum atomic E-state index is -0.0737. The number of amides is 1. The van der Waals surface area contributed by atoms with Gasteiger partial charge in [-0.3, -0.25) is 4.79 Å². The number of benzene rings is 1. The van der Waals surface area contributed by atoms with Gasteiger partial charge in [-0.2, -0.15) is 0 Å². The summed E-state index contributed by atoms with van der Waals surface area (Å²) in [6, 6.07) is 13.8. The van der Waals surface area contributed by atoms with E-state index in [1.807, 2.05) is 6.07 Å². The first kappa shape index (κ1) is 14.9. The molecule has 0 aliphatic heterocycles.